The number of nitrogens with two attached hydrogens (primary N) is 1. The Hall–Kier alpha value is 0.230. The maximum absolute atomic E-state index is 9.91. The summed E-state index contributed by atoms with van der Waals surface area (Å²) in [5.74, 6) is 0.223. The molecular formula is C11H16Br2ClNO. The van der Waals surface area contributed by atoms with Crippen LogP contribution in [0.2, 0.25) is 0 Å². The van der Waals surface area contributed by atoms with Crippen LogP contribution in [0.1, 0.15) is 32.4 Å². The molecule has 0 unspecified atom stereocenters. The van der Waals surface area contributed by atoms with E-state index >= 15 is 0 Å². The minimum atomic E-state index is -0.203. The number of phenolic OH excluding ortho intramolecular Hbond substituents is 1. The van der Waals surface area contributed by atoms with E-state index in [2.05, 4.69) is 31.9 Å². The molecule has 0 aliphatic carbocycles. The monoisotopic (exact) mass is 371 g/mol. The first-order valence-corrected chi connectivity index (χ1v) is 6.25. The molecule has 0 bridgehead atoms. The number of hydrogen-bond donors (Lipinski definition) is 2. The van der Waals surface area contributed by atoms with Gasteiger partial charge in [-0.25, -0.2) is 0 Å². The Morgan fingerprint density at radius 2 is 1.75 bits per heavy atom. The number of halogens is 3. The topological polar surface area (TPSA) is 46.2 Å². The van der Waals surface area contributed by atoms with Crippen LogP contribution in [0, 0.1) is 5.41 Å². The second kappa shape index (κ2) is 5.71. The summed E-state index contributed by atoms with van der Waals surface area (Å²) in [6.45, 7) is 6.14. The third kappa shape index (κ3) is 3.62. The standard InChI is InChI=1S/C11H15Br2NO.ClH/c1-11(2,3)10(14)7-4-6(12)5-8(13)9(7)15;/h4-5,10,15H,14H2,1-3H3;1H/t10-;/m0./s1. The van der Waals surface area contributed by atoms with E-state index in [-0.39, 0.29) is 29.6 Å². The van der Waals surface area contributed by atoms with Gasteiger partial charge in [0.05, 0.1) is 4.47 Å². The number of hydrogen-bond acceptors (Lipinski definition) is 2. The molecule has 0 aliphatic heterocycles. The molecule has 1 aromatic rings. The summed E-state index contributed by atoms with van der Waals surface area (Å²) in [7, 11) is 0. The summed E-state index contributed by atoms with van der Waals surface area (Å²) >= 11 is 6.68. The van der Waals surface area contributed by atoms with Gasteiger partial charge in [-0.3, -0.25) is 0 Å². The lowest BCUT2D eigenvalue weighted by Crippen LogP contribution is -2.26. The van der Waals surface area contributed by atoms with Crippen molar-refractivity contribution in [2.24, 2.45) is 11.1 Å². The molecule has 16 heavy (non-hydrogen) atoms. The van der Waals surface area contributed by atoms with Gasteiger partial charge in [0.15, 0.2) is 0 Å². The normalized spacial score (nSPS) is 13.1. The highest BCUT2D eigenvalue weighted by atomic mass is 79.9. The molecule has 0 aliphatic rings. The van der Waals surface area contributed by atoms with Crippen LogP contribution in [0.4, 0.5) is 0 Å². The lowest BCUT2D eigenvalue weighted by Gasteiger charge is -2.28. The molecule has 0 fully saturated rings. The molecule has 1 aromatic carbocycles. The second-order valence-electron chi connectivity index (χ2n) is 4.67. The van der Waals surface area contributed by atoms with Crippen molar-refractivity contribution in [3.8, 4) is 5.75 Å². The molecule has 5 heteroatoms. The lowest BCUT2D eigenvalue weighted by molar-refractivity contribution is 0.317. The Kier molecular flexibility index (Phi) is 5.80. The van der Waals surface area contributed by atoms with E-state index in [0.29, 0.717) is 4.47 Å². The van der Waals surface area contributed by atoms with E-state index in [0.717, 1.165) is 10.0 Å². The molecule has 0 saturated carbocycles. The van der Waals surface area contributed by atoms with Crippen molar-refractivity contribution in [2.45, 2.75) is 26.8 Å². The third-order valence-corrected chi connectivity index (χ3v) is 3.39. The average molecular weight is 374 g/mol. The van der Waals surface area contributed by atoms with E-state index < -0.39 is 0 Å². The van der Waals surface area contributed by atoms with Gasteiger partial charge in [0.25, 0.3) is 0 Å². The summed E-state index contributed by atoms with van der Waals surface area (Å²) in [5, 5.41) is 9.91. The van der Waals surface area contributed by atoms with Gasteiger partial charge < -0.3 is 10.8 Å². The summed E-state index contributed by atoms with van der Waals surface area (Å²) in [4.78, 5) is 0. The first kappa shape index (κ1) is 16.2. The van der Waals surface area contributed by atoms with Crippen LogP contribution in [0.25, 0.3) is 0 Å². The van der Waals surface area contributed by atoms with Gasteiger partial charge in [-0.05, 0) is 33.5 Å². The lowest BCUT2D eigenvalue weighted by atomic mass is 9.83. The third-order valence-electron chi connectivity index (χ3n) is 2.33. The van der Waals surface area contributed by atoms with Gasteiger partial charge in [0, 0.05) is 16.1 Å². The van der Waals surface area contributed by atoms with E-state index in [4.69, 9.17) is 5.73 Å². The van der Waals surface area contributed by atoms with Crippen LogP contribution in [-0.2, 0) is 0 Å². The van der Waals surface area contributed by atoms with Crippen LogP contribution >= 0.6 is 44.3 Å². The molecule has 1 atom stereocenters. The number of aromatic hydroxyl groups is 1. The fourth-order valence-electron chi connectivity index (χ4n) is 1.29. The van der Waals surface area contributed by atoms with Crippen molar-refractivity contribution in [3.63, 3.8) is 0 Å². The molecule has 2 nitrogen and oxygen atoms in total. The van der Waals surface area contributed by atoms with E-state index in [1.54, 1.807) is 6.07 Å². The molecule has 1 rings (SSSR count). The molecule has 3 N–H and O–H groups in total. The highest BCUT2D eigenvalue weighted by molar-refractivity contribution is 9.11. The van der Waals surface area contributed by atoms with Gasteiger partial charge in [-0.15, -0.1) is 12.4 Å². The molecule has 0 heterocycles. The zero-order chi connectivity index (χ0) is 11.8. The number of benzene rings is 1. The minimum Gasteiger partial charge on any atom is -0.506 e. The van der Waals surface area contributed by atoms with Gasteiger partial charge >= 0.3 is 0 Å². The maximum atomic E-state index is 9.91. The molecule has 0 radical (unpaired) electrons. The number of phenols is 1. The minimum absolute atomic E-state index is 0. The van der Waals surface area contributed by atoms with E-state index in [9.17, 15) is 5.11 Å². The summed E-state index contributed by atoms with van der Waals surface area (Å²) in [6, 6.07) is 3.45. The first-order valence-electron chi connectivity index (χ1n) is 4.67. The zero-order valence-electron chi connectivity index (χ0n) is 9.42. The average Bonchev–Trinajstić information content (AvgIpc) is 2.08. The van der Waals surface area contributed by atoms with Crippen molar-refractivity contribution in [1.29, 1.82) is 0 Å². The summed E-state index contributed by atoms with van der Waals surface area (Å²) in [5.41, 5.74) is 6.78. The predicted octanol–water partition coefficient (Wildman–Crippen LogP) is 4.38. The Labute approximate surface area is 119 Å². The van der Waals surface area contributed by atoms with Crippen LogP contribution in [0.3, 0.4) is 0 Å². The summed E-state index contributed by atoms with van der Waals surface area (Å²) < 4.78 is 1.56. The van der Waals surface area contributed by atoms with Crippen LogP contribution in [0.15, 0.2) is 21.1 Å². The van der Waals surface area contributed by atoms with Gasteiger partial charge in [0.2, 0.25) is 0 Å². The second-order valence-corrected chi connectivity index (χ2v) is 6.44. The Morgan fingerprint density at radius 3 is 2.19 bits per heavy atom. The Morgan fingerprint density at radius 1 is 1.25 bits per heavy atom. The number of rotatable bonds is 1. The van der Waals surface area contributed by atoms with Gasteiger partial charge in [0.1, 0.15) is 5.75 Å². The highest BCUT2D eigenvalue weighted by Gasteiger charge is 2.25. The molecule has 0 aromatic heterocycles. The smallest absolute Gasteiger partial charge is 0.134 e. The molecular weight excluding hydrogens is 357 g/mol. The van der Waals surface area contributed by atoms with Crippen LogP contribution in [-0.4, -0.2) is 5.11 Å². The van der Waals surface area contributed by atoms with E-state index in [1.165, 1.54) is 0 Å². The van der Waals surface area contributed by atoms with Crippen molar-refractivity contribution in [3.05, 3.63) is 26.6 Å². The van der Waals surface area contributed by atoms with E-state index in [1.807, 2.05) is 26.8 Å². The van der Waals surface area contributed by atoms with Crippen molar-refractivity contribution < 1.29 is 5.11 Å². The van der Waals surface area contributed by atoms with Crippen molar-refractivity contribution >= 4 is 44.3 Å². The van der Waals surface area contributed by atoms with Gasteiger partial charge in [-0.2, -0.15) is 0 Å². The Bertz CT molecular complexity index is 377. The van der Waals surface area contributed by atoms with Crippen LogP contribution < -0.4 is 5.73 Å². The first-order chi connectivity index (χ1) is 6.73. The van der Waals surface area contributed by atoms with Crippen molar-refractivity contribution in [2.75, 3.05) is 0 Å². The van der Waals surface area contributed by atoms with Gasteiger partial charge in [-0.1, -0.05) is 36.7 Å². The quantitative estimate of drug-likeness (QED) is 0.767. The molecule has 0 amide bonds. The molecule has 0 saturated heterocycles. The predicted molar refractivity (Wildman–Crippen MR) is 77.1 cm³/mol. The SMILES string of the molecule is CC(C)(C)[C@@H](N)c1cc(Br)cc(Br)c1O.Cl. The fourth-order valence-corrected chi connectivity index (χ4v) is 2.55. The van der Waals surface area contributed by atoms with Crippen LogP contribution in [0.5, 0.6) is 5.75 Å². The molecule has 92 valence electrons. The Balaban J connectivity index is 0.00000225. The molecule has 0 spiro atoms. The van der Waals surface area contributed by atoms with Crippen molar-refractivity contribution in [1.82, 2.24) is 0 Å². The maximum Gasteiger partial charge on any atom is 0.134 e. The fraction of sp³-hybridized carbons (Fsp3) is 0.455. The highest BCUT2D eigenvalue weighted by Crippen LogP contribution is 2.40. The summed E-state index contributed by atoms with van der Waals surface area (Å²) in [6.07, 6.45) is 0. The largest absolute Gasteiger partial charge is 0.506 e. The zero-order valence-corrected chi connectivity index (χ0v) is 13.4.